The molecule has 0 saturated heterocycles. The molecule has 0 bridgehead atoms. The summed E-state index contributed by atoms with van der Waals surface area (Å²) in [6.07, 6.45) is 0. The second-order valence-electron chi connectivity index (χ2n) is 4.47. The third-order valence-electron chi connectivity index (χ3n) is 2.96. The monoisotopic (exact) mass is 239 g/mol. The van der Waals surface area contributed by atoms with Crippen LogP contribution in [0, 0.1) is 6.92 Å². The summed E-state index contributed by atoms with van der Waals surface area (Å²) in [5, 5.41) is 2.99. The molecule has 2 heteroatoms. The molecule has 0 aliphatic heterocycles. The van der Waals surface area contributed by atoms with E-state index in [1.54, 1.807) is 0 Å². The standard InChI is InChI=1S/C16H17NO/c1-12-8-10-14(11-9-12)13(2)17-16(18)15-6-4-3-5-7-15/h3-11,13H,1-2H3,(H,17,18)/t13-/m0/s1. The molecule has 2 rings (SSSR count). The van der Waals surface area contributed by atoms with Crippen molar-refractivity contribution in [1.82, 2.24) is 5.32 Å². The Hall–Kier alpha value is -2.09. The first-order valence-electron chi connectivity index (χ1n) is 6.09. The summed E-state index contributed by atoms with van der Waals surface area (Å²) in [6, 6.07) is 17.5. The van der Waals surface area contributed by atoms with Crippen molar-refractivity contribution in [2.45, 2.75) is 19.9 Å². The smallest absolute Gasteiger partial charge is 0.251 e. The first kappa shape index (κ1) is 12.4. The first-order valence-corrected chi connectivity index (χ1v) is 6.09. The second kappa shape index (κ2) is 5.50. The molecule has 92 valence electrons. The fraction of sp³-hybridized carbons (Fsp3) is 0.188. The Morgan fingerprint density at radius 3 is 2.22 bits per heavy atom. The van der Waals surface area contributed by atoms with Gasteiger partial charge in [0.05, 0.1) is 6.04 Å². The SMILES string of the molecule is Cc1ccc([C@H](C)NC(=O)c2ccccc2)cc1. The van der Waals surface area contributed by atoms with Crippen LogP contribution in [0.1, 0.15) is 34.5 Å². The van der Waals surface area contributed by atoms with Gasteiger partial charge in [-0.3, -0.25) is 4.79 Å². The molecule has 1 amide bonds. The van der Waals surface area contributed by atoms with Crippen molar-refractivity contribution in [2.24, 2.45) is 0 Å². The fourth-order valence-electron chi connectivity index (χ4n) is 1.81. The van der Waals surface area contributed by atoms with Gasteiger partial charge in [0.1, 0.15) is 0 Å². The van der Waals surface area contributed by atoms with Crippen LogP contribution in [0.4, 0.5) is 0 Å². The molecule has 18 heavy (non-hydrogen) atoms. The molecule has 0 aliphatic rings. The Balaban J connectivity index is 2.06. The number of hydrogen-bond donors (Lipinski definition) is 1. The van der Waals surface area contributed by atoms with E-state index in [-0.39, 0.29) is 11.9 Å². The summed E-state index contributed by atoms with van der Waals surface area (Å²) < 4.78 is 0. The van der Waals surface area contributed by atoms with Gasteiger partial charge in [-0.1, -0.05) is 48.0 Å². The molecule has 1 atom stereocenters. The van der Waals surface area contributed by atoms with Crippen molar-refractivity contribution < 1.29 is 4.79 Å². The second-order valence-corrected chi connectivity index (χ2v) is 4.47. The maximum atomic E-state index is 12.0. The van der Waals surface area contributed by atoms with Gasteiger partial charge in [0.15, 0.2) is 0 Å². The molecule has 0 aliphatic carbocycles. The third-order valence-corrected chi connectivity index (χ3v) is 2.96. The van der Waals surface area contributed by atoms with Crippen LogP contribution < -0.4 is 5.32 Å². The van der Waals surface area contributed by atoms with E-state index in [2.05, 4.69) is 24.4 Å². The predicted octanol–water partition coefficient (Wildman–Crippen LogP) is 3.49. The Bertz CT molecular complexity index is 517. The number of nitrogens with one attached hydrogen (secondary N) is 1. The van der Waals surface area contributed by atoms with Crippen LogP contribution in [-0.2, 0) is 0 Å². The molecule has 0 fully saturated rings. The number of aryl methyl sites for hydroxylation is 1. The zero-order valence-corrected chi connectivity index (χ0v) is 10.7. The fourth-order valence-corrected chi connectivity index (χ4v) is 1.81. The number of benzene rings is 2. The van der Waals surface area contributed by atoms with E-state index in [0.717, 1.165) is 5.56 Å². The number of hydrogen-bond acceptors (Lipinski definition) is 1. The van der Waals surface area contributed by atoms with Crippen molar-refractivity contribution >= 4 is 5.91 Å². The molecule has 0 saturated carbocycles. The van der Waals surface area contributed by atoms with Gasteiger partial charge in [0.25, 0.3) is 5.91 Å². The lowest BCUT2D eigenvalue weighted by atomic mass is 10.1. The molecule has 0 heterocycles. The molecular weight excluding hydrogens is 222 g/mol. The average Bonchev–Trinajstić information content (AvgIpc) is 2.40. The largest absolute Gasteiger partial charge is 0.346 e. The minimum Gasteiger partial charge on any atom is -0.346 e. The number of rotatable bonds is 3. The molecule has 0 unspecified atom stereocenters. The van der Waals surface area contributed by atoms with E-state index in [9.17, 15) is 4.79 Å². The Morgan fingerprint density at radius 1 is 1.00 bits per heavy atom. The summed E-state index contributed by atoms with van der Waals surface area (Å²) in [7, 11) is 0. The molecule has 2 nitrogen and oxygen atoms in total. The summed E-state index contributed by atoms with van der Waals surface area (Å²) in [6.45, 7) is 4.04. The highest BCUT2D eigenvalue weighted by Crippen LogP contribution is 2.13. The maximum Gasteiger partial charge on any atom is 0.251 e. The normalized spacial score (nSPS) is 11.9. The van der Waals surface area contributed by atoms with Gasteiger partial charge in [-0.15, -0.1) is 0 Å². The van der Waals surface area contributed by atoms with Crippen LogP contribution in [0.3, 0.4) is 0 Å². The average molecular weight is 239 g/mol. The summed E-state index contributed by atoms with van der Waals surface area (Å²) >= 11 is 0. The van der Waals surface area contributed by atoms with Crippen LogP contribution in [-0.4, -0.2) is 5.91 Å². The lowest BCUT2D eigenvalue weighted by Gasteiger charge is -2.14. The minimum absolute atomic E-state index is 0.0123. The number of carbonyl (C=O) groups excluding carboxylic acids is 1. The minimum atomic E-state index is -0.0383. The third kappa shape index (κ3) is 2.98. The van der Waals surface area contributed by atoms with Crippen molar-refractivity contribution in [2.75, 3.05) is 0 Å². The maximum absolute atomic E-state index is 12.0. The highest BCUT2D eigenvalue weighted by molar-refractivity contribution is 5.94. The van der Waals surface area contributed by atoms with Crippen LogP contribution in [0.5, 0.6) is 0 Å². The van der Waals surface area contributed by atoms with E-state index in [0.29, 0.717) is 5.56 Å². The molecule has 0 spiro atoms. The molecule has 0 aromatic heterocycles. The first-order chi connectivity index (χ1) is 8.66. The Labute approximate surface area is 108 Å². The molecule has 2 aromatic carbocycles. The summed E-state index contributed by atoms with van der Waals surface area (Å²) in [4.78, 5) is 12.0. The molecule has 1 N–H and O–H groups in total. The zero-order valence-electron chi connectivity index (χ0n) is 10.7. The quantitative estimate of drug-likeness (QED) is 0.872. The van der Waals surface area contributed by atoms with Crippen LogP contribution in [0.15, 0.2) is 54.6 Å². The van der Waals surface area contributed by atoms with Gasteiger partial charge in [-0.25, -0.2) is 0 Å². The lowest BCUT2D eigenvalue weighted by Crippen LogP contribution is -2.26. The van der Waals surface area contributed by atoms with Crippen molar-refractivity contribution in [3.63, 3.8) is 0 Å². The van der Waals surface area contributed by atoms with E-state index in [1.165, 1.54) is 5.56 Å². The number of carbonyl (C=O) groups is 1. The van der Waals surface area contributed by atoms with Gasteiger partial charge in [-0.2, -0.15) is 0 Å². The highest BCUT2D eigenvalue weighted by atomic mass is 16.1. The van der Waals surface area contributed by atoms with Crippen molar-refractivity contribution in [1.29, 1.82) is 0 Å². The highest BCUT2D eigenvalue weighted by Gasteiger charge is 2.10. The topological polar surface area (TPSA) is 29.1 Å². The zero-order chi connectivity index (χ0) is 13.0. The van der Waals surface area contributed by atoms with E-state index < -0.39 is 0 Å². The van der Waals surface area contributed by atoms with Crippen LogP contribution >= 0.6 is 0 Å². The molecular formula is C16H17NO. The van der Waals surface area contributed by atoms with Gasteiger partial charge >= 0.3 is 0 Å². The van der Waals surface area contributed by atoms with Gasteiger partial charge in [-0.05, 0) is 31.5 Å². The lowest BCUT2D eigenvalue weighted by molar-refractivity contribution is 0.0940. The predicted molar refractivity (Wildman–Crippen MR) is 73.5 cm³/mol. The van der Waals surface area contributed by atoms with Gasteiger partial charge in [0, 0.05) is 5.56 Å². The van der Waals surface area contributed by atoms with Crippen LogP contribution in [0.25, 0.3) is 0 Å². The van der Waals surface area contributed by atoms with E-state index >= 15 is 0 Å². The summed E-state index contributed by atoms with van der Waals surface area (Å²) in [5.41, 5.74) is 3.03. The van der Waals surface area contributed by atoms with E-state index in [4.69, 9.17) is 0 Å². The number of amides is 1. The summed E-state index contributed by atoms with van der Waals surface area (Å²) in [5.74, 6) is -0.0383. The van der Waals surface area contributed by atoms with Gasteiger partial charge < -0.3 is 5.32 Å². The van der Waals surface area contributed by atoms with Gasteiger partial charge in [0.2, 0.25) is 0 Å². The molecule has 0 radical (unpaired) electrons. The molecule has 2 aromatic rings. The van der Waals surface area contributed by atoms with Crippen molar-refractivity contribution in [3.05, 3.63) is 71.3 Å². The Morgan fingerprint density at radius 2 is 1.61 bits per heavy atom. The van der Waals surface area contributed by atoms with E-state index in [1.807, 2.05) is 49.4 Å². The Kier molecular flexibility index (Phi) is 3.78. The van der Waals surface area contributed by atoms with Crippen molar-refractivity contribution in [3.8, 4) is 0 Å². The van der Waals surface area contributed by atoms with Crippen LogP contribution in [0.2, 0.25) is 0 Å².